The van der Waals surface area contributed by atoms with Crippen molar-refractivity contribution < 1.29 is 0 Å². The van der Waals surface area contributed by atoms with Gasteiger partial charge in [0.2, 0.25) is 0 Å². The van der Waals surface area contributed by atoms with Crippen LogP contribution in [0.5, 0.6) is 0 Å². The lowest BCUT2D eigenvalue weighted by Gasteiger charge is -2.23. The minimum atomic E-state index is 0.119. The first-order valence-electron chi connectivity index (χ1n) is 5.59. The van der Waals surface area contributed by atoms with Crippen LogP contribution in [-0.2, 0) is 0 Å². The predicted molar refractivity (Wildman–Crippen MR) is 68.0 cm³/mol. The lowest BCUT2D eigenvalue weighted by atomic mass is 9.90. The molecule has 1 atom stereocenters. The Morgan fingerprint density at radius 3 is 3.06 bits per heavy atom. The predicted octanol–water partition coefficient (Wildman–Crippen LogP) is 1.78. The zero-order chi connectivity index (χ0) is 12.5. The summed E-state index contributed by atoms with van der Waals surface area (Å²) in [6.07, 6.45) is 2.65. The van der Waals surface area contributed by atoms with Crippen LogP contribution in [-0.4, -0.2) is 24.6 Å². The molecule has 0 bridgehead atoms. The molecule has 0 amide bonds. The minimum absolute atomic E-state index is 0.119. The molecule has 0 saturated carbocycles. The fraction of sp³-hybridized carbons (Fsp3) is 0.500. The van der Waals surface area contributed by atoms with Crippen molar-refractivity contribution in [2.45, 2.75) is 13.3 Å². The molecule has 1 aliphatic rings. The first-order valence-corrected chi connectivity index (χ1v) is 5.97. The van der Waals surface area contributed by atoms with Crippen LogP contribution in [0.25, 0.3) is 0 Å². The number of anilines is 1. The van der Waals surface area contributed by atoms with Crippen LogP contribution >= 0.6 is 11.6 Å². The van der Waals surface area contributed by atoms with Gasteiger partial charge >= 0.3 is 0 Å². The summed E-state index contributed by atoms with van der Waals surface area (Å²) in [5.74, 6) is 0.697. The highest BCUT2D eigenvalue weighted by atomic mass is 35.5. The summed E-state index contributed by atoms with van der Waals surface area (Å²) in [6, 6.07) is 3.70. The average molecular weight is 251 g/mol. The van der Waals surface area contributed by atoms with E-state index in [0.717, 1.165) is 19.5 Å². The quantitative estimate of drug-likeness (QED) is 0.869. The highest BCUT2D eigenvalue weighted by Gasteiger charge is 2.34. The molecule has 0 aromatic carbocycles. The van der Waals surface area contributed by atoms with Crippen LogP contribution in [0.1, 0.15) is 18.9 Å². The third-order valence-corrected chi connectivity index (χ3v) is 3.71. The van der Waals surface area contributed by atoms with Gasteiger partial charge in [-0.15, -0.1) is 0 Å². The summed E-state index contributed by atoms with van der Waals surface area (Å²) in [4.78, 5) is 6.38. The monoisotopic (exact) mass is 250 g/mol. The van der Waals surface area contributed by atoms with Gasteiger partial charge in [0.25, 0.3) is 0 Å². The number of halogens is 1. The van der Waals surface area contributed by atoms with Crippen molar-refractivity contribution in [2.24, 2.45) is 11.1 Å². The SMILES string of the molecule is CC1(CN)CCN(c2nccc(C#N)c2Cl)C1. The van der Waals surface area contributed by atoms with E-state index in [1.165, 1.54) is 0 Å². The standard InChI is InChI=1S/C12H15ClN4/c1-12(7-15)3-5-17(8-12)11-10(13)9(6-14)2-4-16-11/h2,4H,3,5,7-8,15H2,1H3. The Kier molecular flexibility index (Phi) is 3.23. The molecule has 1 aromatic rings. The third-order valence-electron chi connectivity index (χ3n) is 3.34. The van der Waals surface area contributed by atoms with Gasteiger partial charge in [0.1, 0.15) is 16.9 Å². The van der Waals surface area contributed by atoms with E-state index in [1.54, 1.807) is 12.3 Å². The Hall–Kier alpha value is -1.31. The molecule has 90 valence electrons. The lowest BCUT2D eigenvalue weighted by Crippen LogP contribution is -2.31. The summed E-state index contributed by atoms with van der Waals surface area (Å²) >= 11 is 6.17. The minimum Gasteiger partial charge on any atom is -0.355 e. The van der Waals surface area contributed by atoms with Gasteiger partial charge in [-0.2, -0.15) is 5.26 Å². The third kappa shape index (κ3) is 2.21. The normalized spacial score (nSPS) is 23.8. The van der Waals surface area contributed by atoms with Gasteiger partial charge in [-0.1, -0.05) is 18.5 Å². The summed E-state index contributed by atoms with van der Waals surface area (Å²) in [5, 5.41) is 9.37. The van der Waals surface area contributed by atoms with Gasteiger partial charge in [-0.3, -0.25) is 0 Å². The first kappa shape index (κ1) is 12.2. The van der Waals surface area contributed by atoms with Crippen molar-refractivity contribution in [3.8, 4) is 6.07 Å². The molecule has 1 unspecified atom stereocenters. The largest absolute Gasteiger partial charge is 0.355 e. The molecule has 5 heteroatoms. The van der Waals surface area contributed by atoms with Crippen molar-refractivity contribution in [2.75, 3.05) is 24.5 Å². The summed E-state index contributed by atoms with van der Waals surface area (Å²) in [7, 11) is 0. The number of aromatic nitrogens is 1. The van der Waals surface area contributed by atoms with E-state index in [0.29, 0.717) is 22.9 Å². The van der Waals surface area contributed by atoms with E-state index in [1.807, 2.05) is 0 Å². The molecule has 0 spiro atoms. The second-order valence-electron chi connectivity index (χ2n) is 4.79. The molecule has 2 rings (SSSR count). The van der Waals surface area contributed by atoms with Crippen LogP contribution in [0.2, 0.25) is 5.02 Å². The molecule has 0 aliphatic carbocycles. The number of rotatable bonds is 2. The molecule has 0 radical (unpaired) electrons. The van der Waals surface area contributed by atoms with Gasteiger partial charge in [0, 0.05) is 19.3 Å². The molecular weight excluding hydrogens is 236 g/mol. The van der Waals surface area contributed by atoms with Crippen molar-refractivity contribution in [1.29, 1.82) is 5.26 Å². The van der Waals surface area contributed by atoms with E-state index in [-0.39, 0.29) is 5.41 Å². The molecule has 1 fully saturated rings. The zero-order valence-electron chi connectivity index (χ0n) is 9.78. The van der Waals surface area contributed by atoms with Crippen LogP contribution in [0.15, 0.2) is 12.3 Å². The van der Waals surface area contributed by atoms with Crippen LogP contribution in [0.4, 0.5) is 5.82 Å². The second-order valence-corrected chi connectivity index (χ2v) is 5.17. The molecule has 1 saturated heterocycles. The number of nitriles is 1. The second kappa shape index (κ2) is 4.52. The first-order chi connectivity index (χ1) is 8.09. The number of hydrogen-bond acceptors (Lipinski definition) is 4. The topological polar surface area (TPSA) is 65.9 Å². The summed E-state index contributed by atoms with van der Waals surface area (Å²) < 4.78 is 0. The Morgan fingerprint density at radius 2 is 2.47 bits per heavy atom. The Labute approximate surface area is 106 Å². The molecule has 2 heterocycles. The molecular formula is C12H15ClN4. The highest BCUT2D eigenvalue weighted by Crippen LogP contribution is 2.35. The van der Waals surface area contributed by atoms with Crippen LogP contribution in [0, 0.1) is 16.7 Å². The van der Waals surface area contributed by atoms with E-state index in [9.17, 15) is 0 Å². The fourth-order valence-corrected chi connectivity index (χ4v) is 2.38. The van der Waals surface area contributed by atoms with E-state index >= 15 is 0 Å². The number of hydrogen-bond donors (Lipinski definition) is 1. The van der Waals surface area contributed by atoms with Crippen molar-refractivity contribution in [3.05, 3.63) is 22.8 Å². The fourth-order valence-electron chi connectivity index (χ4n) is 2.11. The van der Waals surface area contributed by atoms with Gasteiger partial charge < -0.3 is 10.6 Å². The van der Waals surface area contributed by atoms with Crippen LogP contribution < -0.4 is 10.6 Å². The zero-order valence-corrected chi connectivity index (χ0v) is 10.5. The number of nitrogens with zero attached hydrogens (tertiary/aromatic N) is 3. The molecule has 4 nitrogen and oxygen atoms in total. The van der Waals surface area contributed by atoms with E-state index in [4.69, 9.17) is 22.6 Å². The number of pyridine rings is 1. The Balaban J connectivity index is 2.29. The van der Waals surface area contributed by atoms with E-state index < -0.39 is 0 Å². The summed E-state index contributed by atoms with van der Waals surface area (Å²) in [6.45, 7) is 4.54. The maximum Gasteiger partial charge on any atom is 0.148 e. The van der Waals surface area contributed by atoms with Gasteiger partial charge in [0.05, 0.1) is 5.56 Å². The lowest BCUT2D eigenvalue weighted by molar-refractivity contribution is 0.383. The van der Waals surface area contributed by atoms with E-state index in [2.05, 4.69) is 22.9 Å². The molecule has 17 heavy (non-hydrogen) atoms. The maximum absolute atomic E-state index is 8.93. The van der Waals surface area contributed by atoms with Crippen LogP contribution in [0.3, 0.4) is 0 Å². The smallest absolute Gasteiger partial charge is 0.148 e. The number of nitrogens with two attached hydrogens (primary N) is 1. The average Bonchev–Trinajstić information content (AvgIpc) is 2.73. The van der Waals surface area contributed by atoms with Gasteiger partial charge in [-0.05, 0) is 24.4 Å². The van der Waals surface area contributed by atoms with Gasteiger partial charge in [-0.25, -0.2) is 4.98 Å². The molecule has 1 aliphatic heterocycles. The Morgan fingerprint density at radius 1 is 1.71 bits per heavy atom. The highest BCUT2D eigenvalue weighted by molar-refractivity contribution is 6.34. The summed E-state index contributed by atoms with van der Waals surface area (Å²) in [5.41, 5.74) is 6.36. The molecule has 1 aromatic heterocycles. The van der Waals surface area contributed by atoms with Crippen molar-refractivity contribution in [3.63, 3.8) is 0 Å². The Bertz CT molecular complexity index is 468. The van der Waals surface area contributed by atoms with Gasteiger partial charge in [0.15, 0.2) is 0 Å². The van der Waals surface area contributed by atoms with Crippen molar-refractivity contribution >= 4 is 17.4 Å². The maximum atomic E-state index is 8.93. The van der Waals surface area contributed by atoms with Crippen molar-refractivity contribution in [1.82, 2.24) is 4.98 Å². The molecule has 2 N–H and O–H groups in total.